The molecule has 2 aromatic rings. The molecule has 0 saturated heterocycles. The van der Waals surface area contributed by atoms with Crippen molar-refractivity contribution in [2.24, 2.45) is 0 Å². The molecule has 0 aliphatic rings. The van der Waals surface area contributed by atoms with Crippen LogP contribution in [0.1, 0.15) is 19.4 Å². The maximum absolute atomic E-state index is 13.7. The zero-order chi connectivity index (χ0) is 14.5. The molecular formula is C17H20FNO. The van der Waals surface area contributed by atoms with E-state index in [2.05, 4.69) is 5.32 Å². The molecule has 0 amide bonds. The van der Waals surface area contributed by atoms with Crippen molar-refractivity contribution >= 4 is 0 Å². The molecule has 0 atom stereocenters. The van der Waals surface area contributed by atoms with Crippen molar-refractivity contribution in [1.29, 1.82) is 0 Å². The molecule has 0 saturated carbocycles. The summed E-state index contributed by atoms with van der Waals surface area (Å²) in [4.78, 5) is 0. The maximum Gasteiger partial charge on any atom is 0.127 e. The molecule has 3 heteroatoms. The summed E-state index contributed by atoms with van der Waals surface area (Å²) in [5.41, 5.74) is 2.69. The van der Waals surface area contributed by atoms with Crippen LogP contribution in [-0.4, -0.2) is 13.2 Å². The van der Waals surface area contributed by atoms with Gasteiger partial charge in [0.25, 0.3) is 0 Å². The lowest BCUT2D eigenvalue weighted by atomic mass is 10.0. The second-order valence-electron chi connectivity index (χ2n) is 5.03. The number of nitrogens with one attached hydrogen (secondary N) is 1. The van der Waals surface area contributed by atoms with Gasteiger partial charge in [0.15, 0.2) is 0 Å². The molecule has 0 spiro atoms. The minimum atomic E-state index is -0.183. The predicted molar refractivity (Wildman–Crippen MR) is 80.4 cm³/mol. The fraction of sp³-hybridized carbons (Fsp3) is 0.294. The second kappa shape index (κ2) is 6.53. The van der Waals surface area contributed by atoms with Crippen molar-refractivity contribution in [3.63, 3.8) is 0 Å². The third kappa shape index (κ3) is 3.58. The van der Waals surface area contributed by atoms with E-state index < -0.39 is 0 Å². The van der Waals surface area contributed by atoms with E-state index in [0.717, 1.165) is 16.9 Å². The summed E-state index contributed by atoms with van der Waals surface area (Å²) in [6.07, 6.45) is 0.137. The lowest BCUT2D eigenvalue weighted by Crippen LogP contribution is -2.07. The number of hydrogen-bond donors (Lipinski definition) is 1. The van der Waals surface area contributed by atoms with Crippen LogP contribution < -0.4 is 10.1 Å². The van der Waals surface area contributed by atoms with Crippen molar-refractivity contribution in [3.8, 4) is 16.9 Å². The third-order valence-corrected chi connectivity index (χ3v) is 2.95. The van der Waals surface area contributed by atoms with E-state index in [1.165, 1.54) is 6.07 Å². The summed E-state index contributed by atoms with van der Waals surface area (Å²) in [7, 11) is 1.81. The van der Waals surface area contributed by atoms with Gasteiger partial charge in [-0.15, -0.1) is 0 Å². The number of halogens is 1. The van der Waals surface area contributed by atoms with Crippen LogP contribution in [0.5, 0.6) is 5.75 Å². The van der Waals surface area contributed by atoms with E-state index in [4.69, 9.17) is 4.74 Å². The first kappa shape index (κ1) is 14.5. The zero-order valence-corrected chi connectivity index (χ0v) is 12.1. The topological polar surface area (TPSA) is 21.3 Å². The quantitative estimate of drug-likeness (QED) is 0.889. The van der Waals surface area contributed by atoms with Crippen LogP contribution in [0.25, 0.3) is 11.1 Å². The highest BCUT2D eigenvalue weighted by Gasteiger charge is 2.06. The molecule has 0 bridgehead atoms. The number of ether oxygens (including phenoxy) is 1. The molecule has 2 rings (SSSR count). The molecule has 0 radical (unpaired) electrons. The van der Waals surface area contributed by atoms with Gasteiger partial charge in [0.2, 0.25) is 0 Å². The summed E-state index contributed by atoms with van der Waals surface area (Å²) in [5, 5.41) is 2.98. The molecule has 0 aliphatic heterocycles. The van der Waals surface area contributed by atoms with Gasteiger partial charge >= 0.3 is 0 Å². The molecule has 0 heterocycles. The van der Waals surface area contributed by atoms with Crippen LogP contribution >= 0.6 is 0 Å². The Morgan fingerprint density at radius 2 is 1.85 bits per heavy atom. The Morgan fingerprint density at radius 1 is 1.10 bits per heavy atom. The SMILES string of the molecule is CNCc1cc(-c2cccc(OC(C)C)c2)ccc1F. The average molecular weight is 273 g/mol. The molecule has 0 aromatic heterocycles. The number of hydrogen-bond acceptors (Lipinski definition) is 2. The van der Waals surface area contributed by atoms with Crippen LogP contribution in [0.15, 0.2) is 42.5 Å². The normalized spacial score (nSPS) is 10.8. The zero-order valence-electron chi connectivity index (χ0n) is 12.1. The van der Waals surface area contributed by atoms with Gasteiger partial charge < -0.3 is 10.1 Å². The highest BCUT2D eigenvalue weighted by molar-refractivity contribution is 5.65. The number of rotatable bonds is 5. The number of benzene rings is 2. The van der Waals surface area contributed by atoms with Gasteiger partial charge in [-0.2, -0.15) is 0 Å². The Hall–Kier alpha value is -1.87. The molecule has 2 nitrogen and oxygen atoms in total. The van der Waals surface area contributed by atoms with Crippen molar-refractivity contribution in [2.75, 3.05) is 7.05 Å². The van der Waals surface area contributed by atoms with E-state index in [0.29, 0.717) is 12.1 Å². The average Bonchev–Trinajstić information content (AvgIpc) is 2.41. The Morgan fingerprint density at radius 3 is 2.55 bits per heavy atom. The van der Waals surface area contributed by atoms with Gasteiger partial charge in [-0.25, -0.2) is 4.39 Å². The Bertz CT molecular complexity index is 581. The van der Waals surface area contributed by atoms with Gasteiger partial charge in [-0.1, -0.05) is 18.2 Å². The molecule has 0 fully saturated rings. The van der Waals surface area contributed by atoms with Crippen molar-refractivity contribution in [2.45, 2.75) is 26.5 Å². The molecule has 1 N–H and O–H groups in total. The molecule has 20 heavy (non-hydrogen) atoms. The van der Waals surface area contributed by atoms with Crippen LogP contribution in [0.3, 0.4) is 0 Å². The van der Waals surface area contributed by atoms with Crippen molar-refractivity contribution in [1.82, 2.24) is 5.32 Å². The fourth-order valence-corrected chi connectivity index (χ4v) is 2.10. The lowest BCUT2D eigenvalue weighted by Gasteiger charge is -2.12. The van der Waals surface area contributed by atoms with Crippen molar-refractivity contribution in [3.05, 3.63) is 53.8 Å². The predicted octanol–water partition coefficient (Wildman–Crippen LogP) is 4.00. The third-order valence-electron chi connectivity index (χ3n) is 2.95. The van der Waals surface area contributed by atoms with Crippen LogP contribution in [-0.2, 0) is 6.54 Å². The second-order valence-corrected chi connectivity index (χ2v) is 5.03. The first-order valence-corrected chi connectivity index (χ1v) is 6.80. The fourth-order valence-electron chi connectivity index (χ4n) is 2.10. The van der Waals surface area contributed by atoms with Crippen LogP contribution in [0, 0.1) is 5.82 Å². The molecular weight excluding hydrogens is 253 g/mol. The van der Waals surface area contributed by atoms with Gasteiger partial charge in [-0.3, -0.25) is 0 Å². The molecule has 0 aliphatic carbocycles. The van der Waals surface area contributed by atoms with Gasteiger partial charge in [-0.05, 0) is 56.3 Å². The standard InChI is InChI=1S/C17H20FNO/c1-12(2)20-16-6-4-5-13(10-16)14-7-8-17(18)15(9-14)11-19-3/h4-10,12,19H,11H2,1-3H3. The summed E-state index contributed by atoms with van der Waals surface area (Å²) >= 11 is 0. The van der Waals surface area contributed by atoms with E-state index in [9.17, 15) is 4.39 Å². The summed E-state index contributed by atoms with van der Waals surface area (Å²) < 4.78 is 19.4. The van der Waals surface area contributed by atoms with Crippen LogP contribution in [0.4, 0.5) is 4.39 Å². The summed E-state index contributed by atoms with van der Waals surface area (Å²) in [5.74, 6) is 0.648. The Balaban J connectivity index is 2.33. The summed E-state index contributed by atoms with van der Waals surface area (Å²) in [6, 6.07) is 13.1. The van der Waals surface area contributed by atoms with Gasteiger partial charge in [0.1, 0.15) is 11.6 Å². The molecule has 0 unspecified atom stereocenters. The van der Waals surface area contributed by atoms with E-state index in [1.807, 2.05) is 51.2 Å². The van der Waals surface area contributed by atoms with Gasteiger partial charge in [0, 0.05) is 12.1 Å². The monoisotopic (exact) mass is 273 g/mol. The molecule has 106 valence electrons. The highest BCUT2D eigenvalue weighted by Crippen LogP contribution is 2.26. The summed E-state index contributed by atoms with van der Waals surface area (Å²) in [6.45, 7) is 4.51. The minimum Gasteiger partial charge on any atom is -0.491 e. The van der Waals surface area contributed by atoms with E-state index in [-0.39, 0.29) is 11.9 Å². The Labute approximate surface area is 119 Å². The van der Waals surface area contributed by atoms with E-state index in [1.54, 1.807) is 6.07 Å². The first-order chi connectivity index (χ1) is 9.60. The largest absolute Gasteiger partial charge is 0.491 e. The van der Waals surface area contributed by atoms with E-state index >= 15 is 0 Å². The Kier molecular flexibility index (Phi) is 4.74. The first-order valence-electron chi connectivity index (χ1n) is 6.80. The van der Waals surface area contributed by atoms with Crippen LogP contribution in [0.2, 0.25) is 0 Å². The highest BCUT2D eigenvalue weighted by atomic mass is 19.1. The molecule has 2 aromatic carbocycles. The van der Waals surface area contributed by atoms with Gasteiger partial charge in [0.05, 0.1) is 6.10 Å². The lowest BCUT2D eigenvalue weighted by molar-refractivity contribution is 0.242. The maximum atomic E-state index is 13.7. The smallest absolute Gasteiger partial charge is 0.127 e. The van der Waals surface area contributed by atoms with Crippen molar-refractivity contribution < 1.29 is 9.13 Å². The minimum absolute atomic E-state index is 0.137.